The van der Waals surface area contributed by atoms with Crippen molar-refractivity contribution in [3.05, 3.63) is 71.1 Å². The van der Waals surface area contributed by atoms with Crippen molar-refractivity contribution in [1.82, 2.24) is 19.7 Å². The Morgan fingerprint density at radius 1 is 1.13 bits per heavy atom. The van der Waals surface area contributed by atoms with Crippen LogP contribution >= 0.6 is 0 Å². The summed E-state index contributed by atoms with van der Waals surface area (Å²) >= 11 is 0. The highest BCUT2D eigenvalue weighted by atomic mass is 19.1. The van der Waals surface area contributed by atoms with Gasteiger partial charge in [0.2, 0.25) is 0 Å². The van der Waals surface area contributed by atoms with E-state index in [4.69, 9.17) is 4.74 Å². The molecular formula is C22H21FN4O4. The molecule has 3 aromatic rings. The van der Waals surface area contributed by atoms with Gasteiger partial charge in [0, 0.05) is 24.5 Å². The second-order valence-electron chi connectivity index (χ2n) is 7.33. The first-order valence-corrected chi connectivity index (χ1v) is 9.93. The SMILES string of the molecule is Cn1cccc1C(=O)NC(=O)COC(=O)c1nn(-c2ccc(F)cc2)c2c1CCCC2. The summed E-state index contributed by atoms with van der Waals surface area (Å²) in [7, 11) is 1.68. The minimum Gasteiger partial charge on any atom is -0.451 e. The molecule has 1 aromatic carbocycles. The number of carbonyl (C=O) groups excluding carboxylic acids is 3. The highest BCUT2D eigenvalue weighted by Crippen LogP contribution is 2.27. The van der Waals surface area contributed by atoms with Crippen molar-refractivity contribution >= 4 is 17.8 Å². The van der Waals surface area contributed by atoms with E-state index < -0.39 is 24.4 Å². The normalized spacial score (nSPS) is 12.8. The Hall–Kier alpha value is -3.75. The third kappa shape index (κ3) is 4.25. The molecule has 0 fully saturated rings. The summed E-state index contributed by atoms with van der Waals surface area (Å²) in [6.07, 6.45) is 4.95. The number of fused-ring (bicyclic) bond motifs is 1. The number of hydrogen-bond donors (Lipinski definition) is 1. The number of esters is 1. The first-order chi connectivity index (χ1) is 14.9. The molecule has 0 bridgehead atoms. The molecule has 0 spiro atoms. The number of nitrogens with zero attached hydrogens (tertiary/aromatic N) is 3. The quantitative estimate of drug-likeness (QED) is 0.635. The number of halogens is 1. The molecule has 0 aliphatic heterocycles. The molecule has 2 aromatic heterocycles. The largest absolute Gasteiger partial charge is 0.451 e. The van der Waals surface area contributed by atoms with Gasteiger partial charge in [0.05, 0.1) is 5.69 Å². The third-order valence-electron chi connectivity index (χ3n) is 5.21. The van der Waals surface area contributed by atoms with Crippen LogP contribution in [-0.4, -0.2) is 38.7 Å². The van der Waals surface area contributed by atoms with Gasteiger partial charge in [-0.25, -0.2) is 13.9 Å². The van der Waals surface area contributed by atoms with Gasteiger partial charge < -0.3 is 9.30 Å². The predicted octanol–water partition coefficient (Wildman–Crippen LogP) is 2.34. The Morgan fingerprint density at radius 2 is 1.87 bits per heavy atom. The number of ether oxygens (including phenoxy) is 1. The molecule has 0 saturated carbocycles. The molecule has 2 heterocycles. The number of nitrogens with one attached hydrogen (secondary N) is 1. The Labute approximate surface area is 177 Å². The second-order valence-corrected chi connectivity index (χ2v) is 7.33. The summed E-state index contributed by atoms with van der Waals surface area (Å²) in [4.78, 5) is 36.8. The van der Waals surface area contributed by atoms with Crippen molar-refractivity contribution in [2.45, 2.75) is 25.7 Å². The van der Waals surface area contributed by atoms with Crippen LogP contribution in [0.3, 0.4) is 0 Å². The van der Waals surface area contributed by atoms with Gasteiger partial charge in [-0.05, 0) is 62.1 Å². The fourth-order valence-electron chi connectivity index (χ4n) is 3.68. The molecule has 0 atom stereocenters. The first kappa shape index (κ1) is 20.5. The number of imide groups is 1. The van der Waals surface area contributed by atoms with Crippen LogP contribution in [0, 0.1) is 5.82 Å². The Kier molecular flexibility index (Phi) is 5.66. The number of rotatable bonds is 5. The van der Waals surface area contributed by atoms with Crippen molar-refractivity contribution in [3.8, 4) is 5.69 Å². The summed E-state index contributed by atoms with van der Waals surface area (Å²) in [5.74, 6) is -2.40. The lowest BCUT2D eigenvalue weighted by Gasteiger charge is -2.14. The van der Waals surface area contributed by atoms with Crippen molar-refractivity contribution in [2.75, 3.05) is 6.61 Å². The van der Waals surface area contributed by atoms with Crippen LogP contribution in [-0.2, 0) is 29.4 Å². The van der Waals surface area contributed by atoms with Crippen molar-refractivity contribution in [3.63, 3.8) is 0 Å². The van der Waals surface area contributed by atoms with E-state index in [0.717, 1.165) is 30.5 Å². The lowest BCUT2D eigenvalue weighted by Crippen LogP contribution is -2.35. The van der Waals surface area contributed by atoms with E-state index in [-0.39, 0.29) is 11.5 Å². The fourth-order valence-corrected chi connectivity index (χ4v) is 3.68. The van der Waals surface area contributed by atoms with Crippen molar-refractivity contribution in [1.29, 1.82) is 0 Å². The van der Waals surface area contributed by atoms with E-state index in [9.17, 15) is 18.8 Å². The van der Waals surface area contributed by atoms with Gasteiger partial charge in [0.25, 0.3) is 11.8 Å². The molecule has 1 aliphatic rings. The molecule has 0 unspecified atom stereocenters. The number of hydrogen-bond acceptors (Lipinski definition) is 5. The fraction of sp³-hybridized carbons (Fsp3) is 0.273. The van der Waals surface area contributed by atoms with E-state index in [2.05, 4.69) is 10.4 Å². The Morgan fingerprint density at radius 3 is 2.58 bits per heavy atom. The molecule has 0 saturated heterocycles. The zero-order chi connectivity index (χ0) is 22.0. The van der Waals surface area contributed by atoms with E-state index in [1.807, 2.05) is 0 Å². The zero-order valence-corrected chi connectivity index (χ0v) is 16.9. The maximum Gasteiger partial charge on any atom is 0.359 e. The number of aromatic nitrogens is 3. The summed E-state index contributed by atoms with van der Waals surface area (Å²) in [6, 6.07) is 9.10. The lowest BCUT2D eigenvalue weighted by atomic mass is 9.95. The highest BCUT2D eigenvalue weighted by molar-refractivity contribution is 6.04. The number of carbonyl (C=O) groups is 3. The van der Waals surface area contributed by atoms with E-state index >= 15 is 0 Å². The second kappa shape index (κ2) is 8.55. The van der Waals surface area contributed by atoms with E-state index in [0.29, 0.717) is 17.8 Å². The zero-order valence-electron chi connectivity index (χ0n) is 16.9. The summed E-state index contributed by atoms with van der Waals surface area (Å²) in [5, 5.41) is 6.59. The van der Waals surface area contributed by atoms with Gasteiger partial charge in [-0.2, -0.15) is 5.10 Å². The number of amides is 2. The van der Waals surface area contributed by atoms with Gasteiger partial charge in [0.15, 0.2) is 12.3 Å². The first-order valence-electron chi connectivity index (χ1n) is 9.93. The number of aryl methyl sites for hydroxylation is 1. The maximum atomic E-state index is 13.3. The standard InChI is InChI=1S/C22H21FN4O4/c1-26-12-4-7-18(26)21(29)24-19(28)13-31-22(30)20-16-5-2-3-6-17(16)27(25-20)15-10-8-14(23)9-11-15/h4,7-12H,2-3,5-6,13H2,1H3,(H,24,28,29). The maximum absolute atomic E-state index is 13.3. The van der Waals surface area contributed by atoms with Crippen LogP contribution in [0.2, 0.25) is 0 Å². The van der Waals surface area contributed by atoms with Gasteiger partial charge in [-0.15, -0.1) is 0 Å². The third-order valence-corrected chi connectivity index (χ3v) is 5.21. The number of benzene rings is 1. The summed E-state index contributed by atoms with van der Waals surface area (Å²) < 4.78 is 21.6. The van der Waals surface area contributed by atoms with Gasteiger partial charge in [-0.1, -0.05) is 0 Å². The predicted molar refractivity (Wildman–Crippen MR) is 108 cm³/mol. The average molecular weight is 424 g/mol. The smallest absolute Gasteiger partial charge is 0.359 e. The monoisotopic (exact) mass is 424 g/mol. The average Bonchev–Trinajstić information content (AvgIpc) is 3.36. The molecule has 4 rings (SSSR count). The van der Waals surface area contributed by atoms with Crippen LogP contribution in [0.1, 0.15) is 45.1 Å². The van der Waals surface area contributed by atoms with Gasteiger partial charge in [0.1, 0.15) is 11.5 Å². The molecule has 2 amide bonds. The van der Waals surface area contributed by atoms with E-state index in [1.165, 1.54) is 12.1 Å². The minimum absolute atomic E-state index is 0.139. The molecule has 9 heteroatoms. The van der Waals surface area contributed by atoms with Crippen LogP contribution in [0.5, 0.6) is 0 Å². The van der Waals surface area contributed by atoms with Crippen LogP contribution in [0.15, 0.2) is 42.6 Å². The van der Waals surface area contributed by atoms with Crippen LogP contribution in [0.4, 0.5) is 4.39 Å². The topological polar surface area (TPSA) is 95.2 Å². The Balaban J connectivity index is 1.47. The minimum atomic E-state index is -0.736. The highest BCUT2D eigenvalue weighted by Gasteiger charge is 2.27. The van der Waals surface area contributed by atoms with Crippen molar-refractivity contribution < 1.29 is 23.5 Å². The van der Waals surface area contributed by atoms with E-state index in [1.54, 1.807) is 46.8 Å². The summed E-state index contributed by atoms with van der Waals surface area (Å²) in [6.45, 7) is -0.604. The van der Waals surface area contributed by atoms with Crippen LogP contribution in [0.25, 0.3) is 5.69 Å². The van der Waals surface area contributed by atoms with Gasteiger partial charge in [-0.3, -0.25) is 14.9 Å². The molecule has 160 valence electrons. The van der Waals surface area contributed by atoms with Gasteiger partial charge >= 0.3 is 5.97 Å². The van der Waals surface area contributed by atoms with Crippen molar-refractivity contribution in [2.24, 2.45) is 7.05 Å². The summed E-state index contributed by atoms with van der Waals surface area (Å²) in [5.41, 5.74) is 2.76. The molecule has 0 radical (unpaired) electrons. The Bertz CT molecular complexity index is 1150. The molecule has 8 nitrogen and oxygen atoms in total. The molecule has 1 N–H and O–H groups in total. The lowest BCUT2D eigenvalue weighted by molar-refractivity contribution is -0.123. The molecule has 1 aliphatic carbocycles. The molecule has 31 heavy (non-hydrogen) atoms. The van der Waals surface area contributed by atoms with Crippen LogP contribution < -0.4 is 5.32 Å². The molecular weight excluding hydrogens is 403 g/mol.